The predicted molar refractivity (Wildman–Crippen MR) is 77.8 cm³/mol. The van der Waals surface area contributed by atoms with Gasteiger partial charge < -0.3 is 11.1 Å². The maximum atomic E-state index is 11.8. The van der Waals surface area contributed by atoms with Crippen molar-refractivity contribution < 1.29 is 4.79 Å². The highest BCUT2D eigenvalue weighted by atomic mass is 16.2. The van der Waals surface area contributed by atoms with Gasteiger partial charge in [-0.15, -0.1) is 0 Å². The fourth-order valence-corrected chi connectivity index (χ4v) is 2.56. The van der Waals surface area contributed by atoms with Gasteiger partial charge in [0.25, 0.3) is 0 Å². The molecule has 0 unspecified atom stereocenters. The summed E-state index contributed by atoms with van der Waals surface area (Å²) in [5.41, 5.74) is 7.45. The lowest BCUT2D eigenvalue weighted by molar-refractivity contribution is -0.135. The van der Waals surface area contributed by atoms with Crippen LogP contribution in [0.5, 0.6) is 0 Å². The summed E-state index contributed by atoms with van der Waals surface area (Å²) < 4.78 is 0. The molecule has 0 atom stereocenters. The van der Waals surface area contributed by atoms with Gasteiger partial charge in [0.05, 0.1) is 5.54 Å². The second kappa shape index (κ2) is 5.61. The van der Waals surface area contributed by atoms with Crippen LogP contribution in [0.25, 0.3) is 0 Å². The van der Waals surface area contributed by atoms with Gasteiger partial charge in [-0.25, -0.2) is 0 Å². The van der Waals surface area contributed by atoms with Gasteiger partial charge in [-0.1, -0.05) is 12.1 Å². The van der Waals surface area contributed by atoms with E-state index in [2.05, 4.69) is 16.3 Å². The zero-order chi connectivity index (χ0) is 13.9. The molecule has 1 amide bonds. The molecule has 0 aliphatic carbocycles. The van der Waals surface area contributed by atoms with Gasteiger partial charge in [0.2, 0.25) is 5.91 Å². The number of benzene rings is 1. The van der Waals surface area contributed by atoms with Crippen molar-refractivity contribution in [3.63, 3.8) is 0 Å². The third-order valence-corrected chi connectivity index (χ3v) is 3.86. The van der Waals surface area contributed by atoms with Crippen molar-refractivity contribution in [3.8, 4) is 0 Å². The van der Waals surface area contributed by atoms with Crippen molar-refractivity contribution in [2.45, 2.75) is 32.2 Å². The molecule has 1 saturated heterocycles. The smallest absolute Gasteiger partial charge is 0.239 e. The Bertz CT molecular complexity index is 456. The van der Waals surface area contributed by atoms with Crippen LogP contribution in [0, 0.1) is 0 Å². The Morgan fingerprint density at radius 2 is 2.21 bits per heavy atom. The van der Waals surface area contributed by atoms with Crippen LogP contribution in [-0.4, -0.2) is 36.0 Å². The fraction of sp³-hybridized carbons (Fsp3) is 0.533. The number of carbonyl (C=O) groups excluding carboxylic acids is 1. The van der Waals surface area contributed by atoms with Gasteiger partial charge in [0, 0.05) is 18.8 Å². The van der Waals surface area contributed by atoms with E-state index in [9.17, 15) is 4.79 Å². The molecule has 0 radical (unpaired) electrons. The number of aryl methyl sites for hydroxylation is 1. The van der Waals surface area contributed by atoms with E-state index in [0.29, 0.717) is 0 Å². The molecule has 1 aliphatic heterocycles. The molecule has 3 N–H and O–H groups in total. The third kappa shape index (κ3) is 3.26. The summed E-state index contributed by atoms with van der Waals surface area (Å²) in [6, 6.07) is 8.02. The van der Waals surface area contributed by atoms with E-state index in [4.69, 9.17) is 5.73 Å². The number of nitrogens with one attached hydrogen (secondary N) is 1. The minimum atomic E-state index is -0.395. The van der Waals surface area contributed by atoms with Crippen LogP contribution in [0.3, 0.4) is 0 Å². The molecule has 0 aromatic heterocycles. The fourth-order valence-electron chi connectivity index (χ4n) is 2.56. The SMILES string of the molecule is CC1(C)C(=O)NCCN1CCCc1cccc(N)c1. The molecule has 104 valence electrons. The Morgan fingerprint density at radius 1 is 1.42 bits per heavy atom. The summed E-state index contributed by atoms with van der Waals surface area (Å²) >= 11 is 0. The van der Waals surface area contributed by atoms with Crippen molar-refractivity contribution >= 4 is 11.6 Å². The lowest BCUT2D eigenvalue weighted by Gasteiger charge is -2.41. The van der Waals surface area contributed by atoms with Crippen molar-refractivity contribution in [1.82, 2.24) is 10.2 Å². The second-order valence-corrected chi connectivity index (χ2v) is 5.65. The number of hydrogen-bond acceptors (Lipinski definition) is 3. The lowest BCUT2D eigenvalue weighted by atomic mass is 9.98. The zero-order valence-corrected chi connectivity index (χ0v) is 11.8. The van der Waals surface area contributed by atoms with Gasteiger partial charge >= 0.3 is 0 Å². The Labute approximate surface area is 115 Å². The minimum Gasteiger partial charge on any atom is -0.399 e. The highest BCUT2D eigenvalue weighted by Gasteiger charge is 2.36. The summed E-state index contributed by atoms with van der Waals surface area (Å²) in [4.78, 5) is 14.1. The van der Waals surface area contributed by atoms with Crippen LogP contribution in [0.1, 0.15) is 25.8 Å². The van der Waals surface area contributed by atoms with Gasteiger partial charge in [0.1, 0.15) is 0 Å². The molecule has 0 spiro atoms. The average molecular weight is 261 g/mol. The molecule has 1 heterocycles. The van der Waals surface area contributed by atoms with E-state index in [1.165, 1.54) is 5.56 Å². The van der Waals surface area contributed by atoms with E-state index < -0.39 is 5.54 Å². The van der Waals surface area contributed by atoms with Crippen LogP contribution in [-0.2, 0) is 11.2 Å². The number of rotatable bonds is 4. The summed E-state index contributed by atoms with van der Waals surface area (Å²) in [5.74, 6) is 0.128. The summed E-state index contributed by atoms with van der Waals surface area (Å²) in [6.45, 7) is 6.59. The third-order valence-electron chi connectivity index (χ3n) is 3.86. The quantitative estimate of drug-likeness (QED) is 0.806. The second-order valence-electron chi connectivity index (χ2n) is 5.65. The number of anilines is 1. The van der Waals surface area contributed by atoms with Crippen LogP contribution in [0.4, 0.5) is 5.69 Å². The van der Waals surface area contributed by atoms with Crippen LogP contribution in [0.15, 0.2) is 24.3 Å². The molecule has 0 saturated carbocycles. The first-order valence-electron chi connectivity index (χ1n) is 6.88. The Balaban J connectivity index is 1.87. The maximum absolute atomic E-state index is 11.8. The number of nitrogens with zero attached hydrogens (tertiary/aromatic N) is 1. The first kappa shape index (κ1) is 13.9. The van der Waals surface area contributed by atoms with Crippen LogP contribution >= 0.6 is 0 Å². The molecular weight excluding hydrogens is 238 g/mol. The van der Waals surface area contributed by atoms with Crippen molar-refractivity contribution in [1.29, 1.82) is 0 Å². The lowest BCUT2D eigenvalue weighted by Crippen LogP contribution is -2.61. The largest absolute Gasteiger partial charge is 0.399 e. The van der Waals surface area contributed by atoms with Crippen LogP contribution < -0.4 is 11.1 Å². The molecule has 2 rings (SSSR count). The van der Waals surface area contributed by atoms with E-state index >= 15 is 0 Å². The van der Waals surface area contributed by atoms with E-state index in [-0.39, 0.29) is 5.91 Å². The molecular formula is C15H23N3O. The van der Waals surface area contributed by atoms with Gasteiger partial charge in [-0.2, -0.15) is 0 Å². The molecule has 1 aromatic carbocycles. The standard InChI is InChI=1S/C15H23N3O/c1-15(2)14(19)17-8-10-18(15)9-4-6-12-5-3-7-13(16)11-12/h3,5,7,11H,4,6,8-10,16H2,1-2H3,(H,17,19). The van der Waals surface area contributed by atoms with E-state index in [1.807, 2.05) is 32.0 Å². The highest BCUT2D eigenvalue weighted by molar-refractivity contribution is 5.86. The number of nitrogens with two attached hydrogens (primary N) is 1. The number of hydrogen-bond donors (Lipinski definition) is 2. The molecule has 1 fully saturated rings. The first-order chi connectivity index (χ1) is 9.00. The molecule has 4 nitrogen and oxygen atoms in total. The average Bonchev–Trinajstić information content (AvgIpc) is 2.35. The van der Waals surface area contributed by atoms with Gasteiger partial charge in [-0.05, 0) is 50.9 Å². The highest BCUT2D eigenvalue weighted by Crippen LogP contribution is 2.18. The van der Waals surface area contributed by atoms with E-state index in [1.54, 1.807) is 0 Å². The molecule has 4 heteroatoms. The predicted octanol–water partition coefficient (Wildman–Crippen LogP) is 1.41. The number of nitrogen functional groups attached to an aromatic ring is 1. The number of carbonyl (C=O) groups is 1. The van der Waals surface area contributed by atoms with Gasteiger partial charge in [-0.3, -0.25) is 9.69 Å². The number of piperazine rings is 1. The minimum absolute atomic E-state index is 0.128. The van der Waals surface area contributed by atoms with Gasteiger partial charge in [0.15, 0.2) is 0 Å². The van der Waals surface area contributed by atoms with E-state index in [0.717, 1.165) is 38.2 Å². The van der Waals surface area contributed by atoms with Crippen LogP contribution in [0.2, 0.25) is 0 Å². The number of amides is 1. The van der Waals surface area contributed by atoms with Crippen molar-refractivity contribution in [2.24, 2.45) is 0 Å². The van der Waals surface area contributed by atoms with Crippen molar-refractivity contribution in [3.05, 3.63) is 29.8 Å². The molecule has 19 heavy (non-hydrogen) atoms. The first-order valence-corrected chi connectivity index (χ1v) is 6.88. The molecule has 0 bridgehead atoms. The van der Waals surface area contributed by atoms with Crippen molar-refractivity contribution in [2.75, 3.05) is 25.4 Å². The maximum Gasteiger partial charge on any atom is 0.239 e. The zero-order valence-electron chi connectivity index (χ0n) is 11.8. The summed E-state index contributed by atoms with van der Waals surface area (Å²) in [7, 11) is 0. The Morgan fingerprint density at radius 3 is 2.95 bits per heavy atom. The Hall–Kier alpha value is -1.55. The molecule has 1 aromatic rings. The monoisotopic (exact) mass is 261 g/mol. The topological polar surface area (TPSA) is 58.4 Å². The molecule has 1 aliphatic rings. The normalized spacial score (nSPS) is 19.2. The Kier molecular flexibility index (Phi) is 4.10. The summed E-state index contributed by atoms with van der Waals surface area (Å²) in [6.07, 6.45) is 2.04. The summed E-state index contributed by atoms with van der Waals surface area (Å²) in [5, 5.41) is 2.92.